The summed E-state index contributed by atoms with van der Waals surface area (Å²) in [7, 11) is 0. The van der Waals surface area contributed by atoms with Crippen molar-refractivity contribution in [2.75, 3.05) is 5.32 Å². The van der Waals surface area contributed by atoms with Crippen LogP contribution in [0.4, 0.5) is 5.69 Å². The van der Waals surface area contributed by atoms with Crippen molar-refractivity contribution in [2.45, 2.75) is 34.2 Å². The van der Waals surface area contributed by atoms with Crippen LogP contribution in [0.5, 0.6) is 0 Å². The Labute approximate surface area is 135 Å². The van der Waals surface area contributed by atoms with E-state index in [-0.39, 0.29) is 18.0 Å². The lowest BCUT2D eigenvalue weighted by atomic mass is 10.1. The number of nitriles is 1. The van der Waals surface area contributed by atoms with Gasteiger partial charge in [0.15, 0.2) is 0 Å². The number of pyridine rings is 1. The number of aryl methyl sites for hydroxylation is 4. The number of aromatic nitrogens is 1. The first-order chi connectivity index (χ1) is 10.8. The lowest BCUT2D eigenvalue weighted by Gasteiger charge is -2.14. The van der Waals surface area contributed by atoms with E-state index in [0.29, 0.717) is 11.3 Å². The van der Waals surface area contributed by atoms with Crippen LogP contribution < -0.4 is 10.9 Å². The highest BCUT2D eigenvalue weighted by Gasteiger charge is 2.14. The summed E-state index contributed by atoms with van der Waals surface area (Å²) in [5.74, 6) is -0.291. The highest BCUT2D eigenvalue weighted by molar-refractivity contribution is 5.92. The molecule has 0 bridgehead atoms. The number of hydrogen-bond acceptors (Lipinski definition) is 3. The first-order valence-corrected chi connectivity index (χ1v) is 7.32. The standard InChI is InChI=1S/C18H19N3O2/c1-11-6-5-7-12(2)17(11)20-16(22)10-21-14(4)8-13(3)15(9-19)18(21)23/h5-8H,10H2,1-4H3,(H,20,22). The van der Waals surface area contributed by atoms with Crippen LogP contribution in [0.3, 0.4) is 0 Å². The zero-order valence-electron chi connectivity index (χ0n) is 13.7. The molecule has 1 amide bonds. The Morgan fingerprint density at radius 1 is 1.17 bits per heavy atom. The Bertz CT molecular complexity index is 853. The van der Waals surface area contributed by atoms with Crippen molar-refractivity contribution in [3.63, 3.8) is 0 Å². The molecule has 0 aliphatic heterocycles. The van der Waals surface area contributed by atoms with Gasteiger partial charge in [0.05, 0.1) is 0 Å². The summed E-state index contributed by atoms with van der Waals surface area (Å²) >= 11 is 0. The number of benzene rings is 1. The van der Waals surface area contributed by atoms with Crippen LogP contribution in [0.15, 0.2) is 29.1 Å². The van der Waals surface area contributed by atoms with Crippen molar-refractivity contribution >= 4 is 11.6 Å². The highest BCUT2D eigenvalue weighted by atomic mass is 16.2. The summed E-state index contributed by atoms with van der Waals surface area (Å²) in [5.41, 5.74) is 3.62. The predicted octanol–water partition coefficient (Wildman–Crippen LogP) is 2.59. The Morgan fingerprint density at radius 2 is 1.78 bits per heavy atom. The third-order valence-corrected chi connectivity index (χ3v) is 3.86. The Balaban J connectivity index is 2.32. The Kier molecular flexibility index (Phi) is 4.65. The smallest absolute Gasteiger partial charge is 0.269 e. The third-order valence-electron chi connectivity index (χ3n) is 3.86. The van der Waals surface area contributed by atoms with Crippen molar-refractivity contribution in [2.24, 2.45) is 0 Å². The van der Waals surface area contributed by atoms with E-state index in [1.54, 1.807) is 19.9 Å². The van der Waals surface area contributed by atoms with E-state index < -0.39 is 5.56 Å². The maximum absolute atomic E-state index is 12.3. The molecule has 0 atom stereocenters. The molecule has 5 nitrogen and oxygen atoms in total. The molecule has 1 aromatic carbocycles. The second-order valence-electron chi connectivity index (χ2n) is 5.66. The minimum atomic E-state index is -0.429. The van der Waals surface area contributed by atoms with E-state index in [1.165, 1.54) is 4.57 Å². The first-order valence-electron chi connectivity index (χ1n) is 7.32. The van der Waals surface area contributed by atoms with E-state index in [1.807, 2.05) is 38.1 Å². The average molecular weight is 309 g/mol. The van der Waals surface area contributed by atoms with Gasteiger partial charge in [-0.3, -0.25) is 9.59 Å². The van der Waals surface area contributed by atoms with Crippen molar-refractivity contribution in [3.8, 4) is 6.07 Å². The van der Waals surface area contributed by atoms with Crippen molar-refractivity contribution < 1.29 is 4.79 Å². The summed E-state index contributed by atoms with van der Waals surface area (Å²) in [4.78, 5) is 24.6. The molecular weight excluding hydrogens is 290 g/mol. The second kappa shape index (κ2) is 6.49. The molecule has 0 saturated heterocycles. The number of nitrogens with zero attached hydrogens (tertiary/aromatic N) is 2. The van der Waals surface area contributed by atoms with Crippen LogP contribution in [-0.4, -0.2) is 10.5 Å². The van der Waals surface area contributed by atoms with E-state index in [0.717, 1.165) is 16.8 Å². The number of carbonyl (C=O) groups excluding carboxylic acids is 1. The molecular formula is C18H19N3O2. The molecule has 2 rings (SSSR count). The average Bonchev–Trinajstić information content (AvgIpc) is 2.48. The highest BCUT2D eigenvalue weighted by Crippen LogP contribution is 2.19. The van der Waals surface area contributed by atoms with Crippen LogP contribution in [0, 0.1) is 39.0 Å². The van der Waals surface area contributed by atoms with Gasteiger partial charge < -0.3 is 9.88 Å². The molecule has 5 heteroatoms. The molecule has 2 aromatic rings. The molecule has 0 fully saturated rings. The first kappa shape index (κ1) is 16.5. The fourth-order valence-electron chi connectivity index (χ4n) is 2.59. The molecule has 0 radical (unpaired) electrons. The van der Waals surface area contributed by atoms with Crippen molar-refractivity contribution in [3.05, 3.63) is 62.6 Å². The van der Waals surface area contributed by atoms with Gasteiger partial charge in [0, 0.05) is 11.4 Å². The van der Waals surface area contributed by atoms with E-state index in [4.69, 9.17) is 5.26 Å². The molecule has 0 unspecified atom stereocenters. The topological polar surface area (TPSA) is 74.9 Å². The fourth-order valence-corrected chi connectivity index (χ4v) is 2.59. The van der Waals surface area contributed by atoms with Crippen molar-refractivity contribution in [1.29, 1.82) is 5.26 Å². The van der Waals surface area contributed by atoms with Crippen LogP contribution >= 0.6 is 0 Å². The SMILES string of the molecule is Cc1cccc(C)c1NC(=O)Cn1c(C)cc(C)c(C#N)c1=O. The molecule has 0 saturated carbocycles. The Morgan fingerprint density at radius 3 is 2.35 bits per heavy atom. The number of amides is 1. The van der Waals surface area contributed by atoms with Gasteiger partial charge in [0.2, 0.25) is 5.91 Å². The molecule has 0 aliphatic carbocycles. The predicted molar refractivity (Wildman–Crippen MR) is 89.4 cm³/mol. The number of carbonyl (C=O) groups is 1. The molecule has 1 heterocycles. The number of para-hydroxylation sites is 1. The fraction of sp³-hybridized carbons (Fsp3) is 0.278. The summed E-state index contributed by atoms with van der Waals surface area (Å²) in [6, 6.07) is 9.41. The summed E-state index contributed by atoms with van der Waals surface area (Å²) in [5, 5.41) is 11.9. The van der Waals surface area contributed by atoms with E-state index >= 15 is 0 Å². The maximum atomic E-state index is 12.3. The van der Waals surface area contributed by atoms with Gasteiger partial charge in [0.25, 0.3) is 5.56 Å². The van der Waals surface area contributed by atoms with Gasteiger partial charge >= 0.3 is 0 Å². The van der Waals surface area contributed by atoms with Gasteiger partial charge in [-0.2, -0.15) is 5.26 Å². The van der Waals surface area contributed by atoms with Crippen LogP contribution in [0.1, 0.15) is 27.9 Å². The zero-order valence-corrected chi connectivity index (χ0v) is 13.7. The molecule has 23 heavy (non-hydrogen) atoms. The minimum Gasteiger partial charge on any atom is -0.324 e. The summed E-state index contributed by atoms with van der Waals surface area (Å²) < 4.78 is 1.33. The van der Waals surface area contributed by atoms with Gasteiger partial charge in [-0.1, -0.05) is 18.2 Å². The summed E-state index contributed by atoms with van der Waals surface area (Å²) in [6.45, 7) is 7.18. The Hall–Kier alpha value is -2.87. The van der Waals surface area contributed by atoms with E-state index in [2.05, 4.69) is 5.32 Å². The van der Waals surface area contributed by atoms with Gasteiger partial charge in [-0.25, -0.2) is 0 Å². The molecule has 1 N–H and O–H groups in total. The molecule has 118 valence electrons. The normalized spacial score (nSPS) is 10.2. The number of hydrogen-bond donors (Lipinski definition) is 1. The van der Waals surface area contributed by atoms with Gasteiger partial charge in [-0.05, 0) is 50.5 Å². The number of nitrogens with one attached hydrogen (secondary N) is 1. The monoisotopic (exact) mass is 309 g/mol. The number of anilines is 1. The maximum Gasteiger partial charge on any atom is 0.269 e. The largest absolute Gasteiger partial charge is 0.324 e. The van der Waals surface area contributed by atoms with Gasteiger partial charge in [-0.15, -0.1) is 0 Å². The zero-order chi connectivity index (χ0) is 17.1. The molecule has 1 aromatic heterocycles. The van der Waals surface area contributed by atoms with Crippen molar-refractivity contribution in [1.82, 2.24) is 4.57 Å². The molecule has 0 spiro atoms. The van der Waals surface area contributed by atoms with Crippen LogP contribution in [0.2, 0.25) is 0 Å². The van der Waals surface area contributed by atoms with Crippen LogP contribution in [-0.2, 0) is 11.3 Å². The number of rotatable bonds is 3. The lowest BCUT2D eigenvalue weighted by Crippen LogP contribution is -2.31. The minimum absolute atomic E-state index is 0.0791. The lowest BCUT2D eigenvalue weighted by molar-refractivity contribution is -0.116. The van der Waals surface area contributed by atoms with Gasteiger partial charge in [0.1, 0.15) is 18.2 Å². The summed E-state index contributed by atoms with van der Waals surface area (Å²) in [6.07, 6.45) is 0. The quantitative estimate of drug-likeness (QED) is 0.947. The van der Waals surface area contributed by atoms with Crippen LogP contribution in [0.25, 0.3) is 0 Å². The third kappa shape index (κ3) is 3.32. The second-order valence-corrected chi connectivity index (χ2v) is 5.66. The van der Waals surface area contributed by atoms with E-state index in [9.17, 15) is 9.59 Å². The molecule has 0 aliphatic rings.